The Morgan fingerprint density at radius 1 is 1.65 bits per heavy atom. The minimum atomic E-state index is 0.250. The Hall–Kier alpha value is -0.650. The van der Waals surface area contributed by atoms with Crippen LogP contribution in [0.4, 0.5) is 5.82 Å². The number of halogens is 1. The van der Waals surface area contributed by atoms with E-state index in [9.17, 15) is 0 Å². The van der Waals surface area contributed by atoms with Crippen molar-refractivity contribution in [2.24, 2.45) is 0 Å². The molecule has 2 rings (SSSR count). The van der Waals surface area contributed by atoms with Crippen LogP contribution in [0.2, 0.25) is 0 Å². The van der Waals surface area contributed by atoms with Gasteiger partial charge in [0.2, 0.25) is 0 Å². The molecule has 1 atom stereocenters. The van der Waals surface area contributed by atoms with Crippen LogP contribution in [0.25, 0.3) is 0 Å². The number of aromatic nitrogens is 1. The lowest BCUT2D eigenvalue weighted by atomic mass is 10.2. The van der Waals surface area contributed by atoms with Crippen molar-refractivity contribution in [2.75, 3.05) is 38.6 Å². The van der Waals surface area contributed by atoms with E-state index in [4.69, 9.17) is 4.74 Å². The van der Waals surface area contributed by atoms with Crippen molar-refractivity contribution in [1.82, 2.24) is 9.88 Å². The molecular weight excluding hydrogens is 282 g/mol. The Morgan fingerprint density at radius 2 is 2.47 bits per heavy atom. The van der Waals surface area contributed by atoms with Gasteiger partial charge in [0, 0.05) is 30.3 Å². The SMILES string of the molecule is Cc1cc(NCC2CN(C)CCO2)ncc1Br. The zero-order valence-corrected chi connectivity index (χ0v) is 11.8. The van der Waals surface area contributed by atoms with Crippen LogP contribution in [-0.2, 0) is 4.74 Å². The highest BCUT2D eigenvalue weighted by atomic mass is 79.9. The van der Waals surface area contributed by atoms with E-state index in [1.165, 1.54) is 5.56 Å². The van der Waals surface area contributed by atoms with Gasteiger partial charge in [-0.15, -0.1) is 0 Å². The van der Waals surface area contributed by atoms with Gasteiger partial charge in [0.1, 0.15) is 5.82 Å². The minimum absolute atomic E-state index is 0.250. The number of morpholine rings is 1. The number of aryl methyl sites for hydroxylation is 1. The smallest absolute Gasteiger partial charge is 0.126 e. The van der Waals surface area contributed by atoms with Crippen molar-refractivity contribution < 1.29 is 4.74 Å². The number of likely N-dealkylation sites (N-methyl/N-ethyl adjacent to an activating group) is 1. The summed E-state index contributed by atoms with van der Waals surface area (Å²) in [5.41, 5.74) is 1.18. The molecule has 0 saturated carbocycles. The zero-order valence-electron chi connectivity index (χ0n) is 10.2. The first-order valence-electron chi connectivity index (χ1n) is 5.81. The van der Waals surface area contributed by atoms with Gasteiger partial charge in [0.15, 0.2) is 0 Å². The van der Waals surface area contributed by atoms with E-state index in [-0.39, 0.29) is 6.10 Å². The molecule has 0 radical (unpaired) electrons. The Bertz CT molecular complexity index is 386. The summed E-state index contributed by atoms with van der Waals surface area (Å²) in [5, 5.41) is 3.32. The van der Waals surface area contributed by atoms with E-state index in [1.807, 2.05) is 12.3 Å². The summed E-state index contributed by atoms with van der Waals surface area (Å²) in [7, 11) is 2.12. The van der Waals surface area contributed by atoms with Gasteiger partial charge >= 0.3 is 0 Å². The van der Waals surface area contributed by atoms with Gasteiger partial charge in [-0.25, -0.2) is 4.98 Å². The van der Waals surface area contributed by atoms with Gasteiger partial charge in [-0.05, 0) is 41.5 Å². The van der Waals surface area contributed by atoms with Gasteiger partial charge in [0.05, 0.1) is 12.7 Å². The summed E-state index contributed by atoms with van der Waals surface area (Å²) in [5.74, 6) is 0.905. The van der Waals surface area contributed by atoms with Crippen molar-refractivity contribution in [1.29, 1.82) is 0 Å². The molecule has 17 heavy (non-hydrogen) atoms. The second kappa shape index (κ2) is 5.80. The third-order valence-corrected chi connectivity index (χ3v) is 3.73. The quantitative estimate of drug-likeness (QED) is 0.925. The lowest BCUT2D eigenvalue weighted by Crippen LogP contribution is -2.43. The highest BCUT2D eigenvalue weighted by molar-refractivity contribution is 9.10. The molecule has 94 valence electrons. The van der Waals surface area contributed by atoms with Crippen molar-refractivity contribution in [3.8, 4) is 0 Å². The van der Waals surface area contributed by atoms with Gasteiger partial charge < -0.3 is 15.0 Å². The largest absolute Gasteiger partial charge is 0.374 e. The van der Waals surface area contributed by atoms with Crippen LogP contribution in [0.5, 0.6) is 0 Å². The van der Waals surface area contributed by atoms with Crippen LogP contribution in [-0.4, -0.2) is 49.3 Å². The molecule has 1 fully saturated rings. The molecule has 1 aromatic heterocycles. The van der Waals surface area contributed by atoms with Crippen molar-refractivity contribution in [3.05, 3.63) is 22.3 Å². The first-order valence-corrected chi connectivity index (χ1v) is 6.60. The molecule has 1 aliphatic rings. The lowest BCUT2D eigenvalue weighted by Gasteiger charge is -2.30. The molecule has 5 heteroatoms. The second-order valence-corrected chi connectivity index (χ2v) is 5.31. The highest BCUT2D eigenvalue weighted by Crippen LogP contribution is 2.17. The molecule has 1 aromatic rings. The van der Waals surface area contributed by atoms with E-state index >= 15 is 0 Å². The van der Waals surface area contributed by atoms with Gasteiger partial charge in [0.25, 0.3) is 0 Å². The summed E-state index contributed by atoms with van der Waals surface area (Å²) < 4.78 is 6.72. The van der Waals surface area contributed by atoms with Crippen LogP contribution >= 0.6 is 15.9 Å². The first kappa shape index (κ1) is 12.8. The van der Waals surface area contributed by atoms with E-state index in [2.05, 4.69) is 45.1 Å². The number of hydrogen-bond acceptors (Lipinski definition) is 4. The highest BCUT2D eigenvalue weighted by Gasteiger charge is 2.17. The van der Waals surface area contributed by atoms with Crippen LogP contribution in [0, 0.1) is 6.92 Å². The normalized spacial score (nSPS) is 21.5. The maximum Gasteiger partial charge on any atom is 0.126 e. The van der Waals surface area contributed by atoms with Crippen LogP contribution < -0.4 is 5.32 Å². The van der Waals surface area contributed by atoms with Crippen LogP contribution in [0.15, 0.2) is 16.7 Å². The molecule has 1 N–H and O–H groups in total. The molecule has 1 saturated heterocycles. The number of ether oxygens (including phenoxy) is 1. The van der Waals surface area contributed by atoms with Gasteiger partial charge in [-0.3, -0.25) is 0 Å². The number of nitrogens with one attached hydrogen (secondary N) is 1. The van der Waals surface area contributed by atoms with Crippen molar-refractivity contribution >= 4 is 21.7 Å². The standard InChI is InChI=1S/C12H18BrN3O/c1-9-5-12(15-7-11(9)13)14-6-10-8-16(2)3-4-17-10/h5,7,10H,3-4,6,8H2,1-2H3,(H,14,15). The lowest BCUT2D eigenvalue weighted by molar-refractivity contribution is -0.0117. The molecule has 0 aliphatic carbocycles. The Labute approximate surface area is 110 Å². The minimum Gasteiger partial charge on any atom is -0.374 e. The molecule has 0 bridgehead atoms. The van der Waals surface area contributed by atoms with Crippen LogP contribution in [0.1, 0.15) is 5.56 Å². The fourth-order valence-corrected chi connectivity index (χ4v) is 2.06. The number of anilines is 1. The third-order valence-electron chi connectivity index (χ3n) is 2.90. The maximum atomic E-state index is 5.68. The summed E-state index contributed by atoms with van der Waals surface area (Å²) in [6.07, 6.45) is 2.07. The average Bonchev–Trinajstić information content (AvgIpc) is 2.31. The number of pyridine rings is 1. The molecule has 4 nitrogen and oxygen atoms in total. The van der Waals surface area contributed by atoms with Crippen molar-refractivity contribution in [2.45, 2.75) is 13.0 Å². The monoisotopic (exact) mass is 299 g/mol. The maximum absolute atomic E-state index is 5.68. The predicted octanol–water partition coefficient (Wildman–Crippen LogP) is 1.90. The molecule has 0 spiro atoms. The Balaban J connectivity index is 1.86. The van der Waals surface area contributed by atoms with E-state index in [0.717, 1.165) is 36.5 Å². The predicted molar refractivity (Wildman–Crippen MR) is 72.4 cm³/mol. The zero-order chi connectivity index (χ0) is 12.3. The van der Waals surface area contributed by atoms with E-state index in [1.54, 1.807) is 0 Å². The summed E-state index contributed by atoms with van der Waals surface area (Å²) in [4.78, 5) is 6.60. The molecule has 2 heterocycles. The summed E-state index contributed by atoms with van der Waals surface area (Å²) in [6.45, 7) is 5.67. The molecule has 1 aliphatic heterocycles. The number of nitrogens with zero attached hydrogens (tertiary/aromatic N) is 2. The van der Waals surface area contributed by atoms with E-state index in [0.29, 0.717) is 0 Å². The molecule has 0 aromatic carbocycles. The van der Waals surface area contributed by atoms with Gasteiger partial charge in [-0.1, -0.05) is 0 Å². The number of hydrogen-bond donors (Lipinski definition) is 1. The fourth-order valence-electron chi connectivity index (χ4n) is 1.84. The van der Waals surface area contributed by atoms with Crippen molar-refractivity contribution in [3.63, 3.8) is 0 Å². The molecule has 0 amide bonds. The fraction of sp³-hybridized carbons (Fsp3) is 0.583. The third kappa shape index (κ3) is 3.66. The Morgan fingerprint density at radius 3 is 3.18 bits per heavy atom. The molecular formula is C12H18BrN3O. The molecule has 1 unspecified atom stereocenters. The Kier molecular flexibility index (Phi) is 4.36. The summed E-state index contributed by atoms with van der Waals surface area (Å²) in [6, 6.07) is 2.04. The topological polar surface area (TPSA) is 37.4 Å². The van der Waals surface area contributed by atoms with Gasteiger partial charge in [-0.2, -0.15) is 0 Å². The number of rotatable bonds is 3. The second-order valence-electron chi connectivity index (χ2n) is 4.45. The van der Waals surface area contributed by atoms with E-state index < -0.39 is 0 Å². The van der Waals surface area contributed by atoms with Crippen LogP contribution in [0.3, 0.4) is 0 Å². The average molecular weight is 300 g/mol. The first-order chi connectivity index (χ1) is 8.15. The summed E-state index contributed by atoms with van der Waals surface area (Å²) >= 11 is 3.44.